The molecule has 0 unspecified atom stereocenters. The number of aliphatic carboxylic acids is 1. The highest BCUT2D eigenvalue weighted by atomic mass is 19.1. The van der Waals surface area contributed by atoms with Gasteiger partial charge in [0.2, 0.25) is 0 Å². The van der Waals surface area contributed by atoms with Crippen LogP contribution in [0.2, 0.25) is 0 Å². The van der Waals surface area contributed by atoms with E-state index in [2.05, 4.69) is 0 Å². The number of hydrogen-bond acceptors (Lipinski definition) is 2. The van der Waals surface area contributed by atoms with Crippen LogP contribution in [0.5, 0.6) is 0 Å². The Balaban J connectivity index is 1.96. The van der Waals surface area contributed by atoms with E-state index in [0.717, 1.165) is 18.2 Å². The molecule has 0 amide bonds. The zero-order chi connectivity index (χ0) is 14.4. The van der Waals surface area contributed by atoms with Crippen molar-refractivity contribution in [3.05, 3.63) is 41.2 Å². The van der Waals surface area contributed by atoms with Gasteiger partial charge in [0.25, 0.3) is 0 Å². The molecule has 1 N–H and O–H groups in total. The number of benzene rings is 1. The number of carboxylic acids is 1. The lowest BCUT2D eigenvalue weighted by molar-refractivity contribution is -0.131. The van der Waals surface area contributed by atoms with Gasteiger partial charge in [-0.15, -0.1) is 0 Å². The highest BCUT2D eigenvalue weighted by Crippen LogP contribution is 2.25. The molecular formula is C16H19FO3. The standard InChI is InChI=1S/C16H19FO3/c17-15-7-5-14(13(9-15)6-8-16(18)19)11-20-10-12-3-1-2-4-12/h5-9,12H,1-4,10-11H2,(H,18,19). The molecule has 0 aliphatic heterocycles. The van der Waals surface area contributed by atoms with Crippen LogP contribution in [0.4, 0.5) is 4.39 Å². The predicted octanol–water partition coefficient (Wildman–Crippen LogP) is 3.63. The number of rotatable bonds is 6. The summed E-state index contributed by atoms with van der Waals surface area (Å²) in [5, 5.41) is 8.64. The maximum Gasteiger partial charge on any atom is 0.328 e. The maximum atomic E-state index is 13.2. The Hall–Kier alpha value is -1.68. The third-order valence-corrected chi connectivity index (χ3v) is 3.60. The van der Waals surface area contributed by atoms with Gasteiger partial charge in [-0.3, -0.25) is 0 Å². The molecule has 0 heterocycles. The normalized spacial score (nSPS) is 16.1. The van der Waals surface area contributed by atoms with Crippen molar-refractivity contribution in [1.29, 1.82) is 0 Å². The molecule has 2 rings (SSSR count). The monoisotopic (exact) mass is 278 g/mol. The quantitative estimate of drug-likeness (QED) is 0.808. The summed E-state index contributed by atoms with van der Waals surface area (Å²) >= 11 is 0. The molecule has 108 valence electrons. The average molecular weight is 278 g/mol. The van der Waals surface area contributed by atoms with Gasteiger partial charge >= 0.3 is 5.97 Å². The Morgan fingerprint density at radius 3 is 2.85 bits per heavy atom. The molecule has 1 aliphatic rings. The van der Waals surface area contributed by atoms with Gasteiger partial charge in [0.1, 0.15) is 5.82 Å². The minimum absolute atomic E-state index is 0.380. The largest absolute Gasteiger partial charge is 0.478 e. The van der Waals surface area contributed by atoms with Crippen LogP contribution in [0.15, 0.2) is 24.3 Å². The fraction of sp³-hybridized carbons (Fsp3) is 0.438. The molecule has 1 aliphatic carbocycles. The van der Waals surface area contributed by atoms with Gasteiger partial charge in [0.05, 0.1) is 6.61 Å². The molecule has 0 aromatic heterocycles. The fourth-order valence-electron chi connectivity index (χ4n) is 2.53. The molecule has 0 saturated heterocycles. The highest BCUT2D eigenvalue weighted by Gasteiger charge is 2.15. The van der Waals surface area contributed by atoms with E-state index in [1.54, 1.807) is 6.07 Å². The Morgan fingerprint density at radius 2 is 2.15 bits per heavy atom. The number of carbonyl (C=O) groups is 1. The van der Waals surface area contributed by atoms with Crippen LogP contribution in [0.25, 0.3) is 6.08 Å². The van der Waals surface area contributed by atoms with Crippen LogP contribution >= 0.6 is 0 Å². The molecule has 0 atom stereocenters. The zero-order valence-corrected chi connectivity index (χ0v) is 11.3. The van der Waals surface area contributed by atoms with Crippen molar-refractivity contribution in [2.45, 2.75) is 32.3 Å². The third kappa shape index (κ3) is 4.46. The molecule has 1 aromatic carbocycles. The van der Waals surface area contributed by atoms with E-state index in [1.165, 1.54) is 43.9 Å². The number of hydrogen-bond donors (Lipinski definition) is 1. The maximum absolute atomic E-state index is 13.2. The van der Waals surface area contributed by atoms with E-state index < -0.39 is 5.97 Å². The minimum atomic E-state index is -1.05. The van der Waals surface area contributed by atoms with Crippen LogP contribution in [0, 0.1) is 11.7 Å². The molecule has 0 radical (unpaired) electrons. The molecule has 3 nitrogen and oxygen atoms in total. The smallest absolute Gasteiger partial charge is 0.328 e. The predicted molar refractivity (Wildman–Crippen MR) is 74.7 cm³/mol. The molecule has 0 bridgehead atoms. The highest BCUT2D eigenvalue weighted by molar-refractivity contribution is 5.85. The van der Waals surface area contributed by atoms with E-state index in [0.29, 0.717) is 18.1 Å². The third-order valence-electron chi connectivity index (χ3n) is 3.60. The molecule has 20 heavy (non-hydrogen) atoms. The van der Waals surface area contributed by atoms with E-state index in [9.17, 15) is 9.18 Å². The second kappa shape index (κ2) is 7.20. The first-order valence-electron chi connectivity index (χ1n) is 6.92. The van der Waals surface area contributed by atoms with E-state index >= 15 is 0 Å². The van der Waals surface area contributed by atoms with Gasteiger partial charge < -0.3 is 9.84 Å². The SMILES string of the molecule is O=C(O)C=Cc1cc(F)ccc1COCC1CCCC1. The van der Waals surface area contributed by atoms with Gasteiger partial charge in [-0.2, -0.15) is 0 Å². The lowest BCUT2D eigenvalue weighted by atomic mass is 10.1. The van der Waals surface area contributed by atoms with Crippen molar-refractivity contribution in [2.24, 2.45) is 5.92 Å². The summed E-state index contributed by atoms with van der Waals surface area (Å²) in [6.07, 6.45) is 7.40. The summed E-state index contributed by atoms with van der Waals surface area (Å²) in [6.45, 7) is 1.11. The van der Waals surface area contributed by atoms with Gasteiger partial charge in [0.15, 0.2) is 0 Å². The second-order valence-corrected chi connectivity index (χ2v) is 5.18. The summed E-state index contributed by atoms with van der Waals surface area (Å²) < 4.78 is 18.9. The van der Waals surface area contributed by atoms with Crippen molar-refractivity contribution < 1.29 is 19.0 Å². The number of halogens is 1. The van der Waals surface area contributed by atoms with Crippen LogP contribution in [0.1, 0.15) is 36.8 Å². The van der Waals surface area contributed by atoms with Gasteiger partial charge in [-0.25, -0.2) is 9.18 Å². The van der Waals surface area contributed by atoms with Crippen molar-refractivity contribution >= 4 is 12.0 Å². The van der Waals surface area contributed by atoms with Crippen LogP contribution in [0.3, 0.4) is 0 Å². The lowest BCUT2D eigenvalue weighted by Gasteiger charge is -2.11. The van der Waals surface area contributed by atoms with Gasteiger partial charge in [0, 0.05) is 12.7 Å². The van der Waals surface area contributed by atoms with Crippen LogP contribution in [-0.4, -0.2) is 17.7 Å². The Bertz CT molecular complexity index is 490. The van der Waals surface area contributed by atoms with Crippen molar-refractivity contribution in [2.75, 3.05) is 6.61 Å². The van der Waals surface area contributed by atoms with Gasteiger partial charge in [-0.05, 0) is 48.1 Å². The molecule has 1 aromatic rings. The van der Waals surface area contributed by atoms with Crippen LogP contribution < -0.4 is 0 Å². The van der Waals surface area contributed by atoms with Crippen molar-refractivity contribution in [3.63, 3.8) is 0 Å². The van der Waals surface area contributed by atoms with Gasteiger partial charge in [-0.1, -0.05) is 18.9 Å². The lowest BCUT2D eigenvalue weighted by Crippen LogP contribution is -2.06. The van der Waals surface area contributed by atoms with E-state index in [-0.39, 0.29) is 5.82 Å². The molecule has 1 fully saturated rings. The van der Waals surface area contributed by atoms with E-state index in [4.69, 9.17) is 9.84 Å². The average Bonchev–Trinajstić information content (AvgIpc) is 2.91. The molecule has 1 saturated carbocycles. The second-order valence-electron chi connectivity index (χ2n) is 5.18. The summed E-state index contributed by atoms with van der Waals surface area (Å²) in [5.74, 6) is -0.796. The number of carboxylic acid groups (broad SMARTS) is 1. The van der Waals surface area contributed by atoms with Crippen LogP contribution in [-0.2, 0) is 16.1 Å². The summed E-state index contributed by atoms with van der Waals surface area (Å²) in [6, 6.07) is 4.34. The molecular weight excluding hydrogens is 259 g/mol. The van der Waals surface area contributed by atoms with E-state index in [1.807, 2.05) is 0 Å². The molecule has 4 heteroatoms. The summed E-state index contributed by atoms with van der Waals surface area (Å²) in [7, 11) is 0. The minimum Gasteiger partial charge on any atom is -0.478 e. The topological polar surface area (TPSA) is 46.5 Å². The Labute approximate surface area is 118 Å². The Kier molecular flexibility index (Phi) is 5.30. The number of ether oxygens (including phenoxy) is 1. The Morgan fingerprint density at radius 1 is 1.40 bits per heavy atom. The first kappa shape index (κ1) is 14.7. The fourth-order valence-corrected chi connectivity index (χ4v) is 2.53. The first-order valence-corrected chi connectivity index (χ1v) is 6.92. The summed E-state index contributed by atoms with van der Waals surface area (Å²) in [4.78, 5) is 10.5. The summed E-state index contributed by atoms with van der Waals surface area (Å²) in [5.41, 5.74) is 1.36. The van der Waals surface area contributed by atoms with Crippen molar-refractivity contribution in [3.8, 4) is 0 Å². The first-order chi connectivity index (χ1) is 9.65. The zero-order valence-electron chi connectivity index (χ0n) is 11.3. The molecule has 0 spiro atoms. The van der Waals surface area contributed by atoms with Crippen molar-refractivity contribution in [1.82, 2.24) is 0 Å².